The summed E-state index contributed by atoms with van der Waals surface area (Å²) in [7, 11) is -0.712. The summed E-state index contributed by atoms with van der Waals surface area (Å²) in [5, 5.41) is 0. The maximum atomic E-state index is 13.2. The lowest BCUT2D eigenvalue weighted by atomic mass is 9.99. The van der Waals surface area contributed by atoms with Gasteiger partial charge in [0.2, 0.25) is 10.0 Å². The fourth-order valence-corrected chi connectivity index (χ4v) is 5.34. The number of fused-ring (bicyclic) bond motifs is 1. The highest BCUT2D eigenvalue weighted by molar-refractivity contribution is 7.89. The number of nitrogens with zero attached hydrogens (tertiary/aromatic N) is 3. The molecule has 0 saturated carbocycles. The number of benzene rings is 2. The molecule has 0 unspecified atom stereocenters. The van der Waals surface area contributed by atoms with Crippen LogP contribution in [0.2, 0.25) is 0 Å². The van der Waals surface area contributed by atoms with Crippen molar-refractivity contribution < 1.29 is 8.42 Å². The van der Waals surface area contributed by atoms with Gasteiger partial charge in [-0.3, -0.25) is 9.59 Å². The summed E-state index contributed by atoms with van der Waals surface area (Å²) in [4.78, 5) is 24.2. The minimum absolute atomic E-state index is 0.127. The Kier molecular flexibility index (Phi) is 4.47. The zero-order chi connectivity index (χ0) is 20.1. The van der Waals surface area contributed by atoms with E-state index in [0.29, 0.717) is 24.1 Å². The summed E-state index contributed by atoms with van der Waals surface area (Å²) < 4.78 is 30.3. The van der Waals surface area contributed by atoms with Gasteiger partial charge in [0.25, 0.3) is 0 Å². The summed E-state index contributed by atoms with van der Waals surface area (Å²) in [5.41, 5.74) is 0.725. The molecule has 0 radical (unpaired) electrons. The maximum Gasteiger partial charge on any atom is 0.316 e. The van der Waals surface area contributed by atoms with Crippen LogP contribution in [0.3, 0.4) is 0 Å². The molecule has 1 atom stereocenters. The number of sulfonamides is 1. The highest BCUT2D eigenvalue weighted by Crippen LogP contribution is 2.31. The van der Waals surface area contributed by atoms with Crippen molar-refractivity contribution >= 4 is 21.1 Å². The van der Waals surface area contributed by atoms with Gasteiger partial charge >= 0.3 is 11.1 Å². The van der Waals surface area contributed by atoms with Crippen LogP contribution in [0.4, 0.5) is 0 Å². The molecule has 0 aliphatic carbocycles. The molecule has 4 rings (SSSR count). The maximum absolute atomic E-state index is 13.2. The molecule has 146 valence electrons. The van der Waals surface area contributed by atoms with E-state index >= 15 is 0 Å². The molecule has 0 spiro atoms. The number of hydrogen-bond acceptors (Lipinski definition) is 4. The van der Waals surface area contributed by atoms with Crippen molar-refractivity contribution in [2.45, 2.75) is 17.2 Å². The van der Waals surface area contributed by atoms with E-state index in [1.165, 1.54) is 39.7 Å². The van der Waals surface area contributed by atoms with Gasteiger partial charge in [0, 0.05) is 27.2 Å². The van der Waals surface area contributed by atoms with Crippen LogP contribution in [0, 0.1) is 0 Å². The minimum Gasteiger partial charge on any atom is -0.305 e. The second-order valence-electron chi connectivity index (χ2n) is 7.14. The Morgan fingerprint density at radius 3 is 2.21 bits per heavy atom. The monoisotopic (exact) mass is 399 g/mol. The van der Waals surface area contributed by atoms with E-state index < -0.39 is 21.1 Å². The van der Waals surface area contributed by atoms with Crippen LogP contribution in [0.5, 0.6) is 0 Å². The number of aromatic nitrogens is 2. The zero-order valence-corrected chi connectivity index (χ0v) is 16.5. The van der Waals surface area contributed by atoms with Crippen LogP contribution in [0.25, 0.3) is 11.0 Å². The van der Waals surface area contributed by atoms with E-state index in [4.69, 9.17) is 0 Å². The van der Waals surface area contributed by atoms with Gasteiger partial charge in [-0.1, -0.05) is 30.3 Å². The average Bonchev–Trinajstić information content (AvgIpc) is 3.22. The van der Waals surface area contributed by atoms with Gasteiger partial charge in [-0.2, -0.15) is 4.31 Å². The van der Waals surface area contributed by atoms with E-state index in [0.717, 1.165) is 12.0 Å². The first-order valence-electron chi connectivity index (χ1n) is 9.05. The molecule has 1 aliphatic heterocycles. The zero-order valence-electron chi connectivity index (χ0n) is 15.7. The van der Waals surface area contributed by atoms with Crippen LogP contribution in [0.1, 0.15) is 17.9 Å². The smallest absolute Gasteiger partial charge is 0.305 e. The number of aryl methyl sites for hydroxylation is 2. The molecule has 1 saturated heterocycles. The number of hydrogen-bond donors (Lipinski definition) is 0. The van der Waals surface area contributed by atoms with Gasteiger partial charge < -0.3 is 9.13 Å². The van der Waals surface area contributed by atoms with Crippen LogP contribution in [-0.4, -0.2) is 34.9 Å². The lowest BCUT2D eigenvalue weighted by Gasteiger charge is -2.18. The van der Waals surface area contributed by atoms with Crippen LogP contribution < -0.4 is 11.1 Å². The third-order valence-corrected chi connectivity index (χ3v) is 7.38. The summed E-state index contributed by atoms with van der Waals surface area (Å²) in [5.74, 6) is 0.168. The Morgan fingerprint density at radius 2 is 1.54 bits per heavy atom. The predicted octanol–water partition coefficient (Wildman–Crippen LogP) is 1.42. The molecule has 2 heterocycles. The van der Waals surface area contributed by atoms with Crippen molar-refractivity contribution in [3.05, 3.63) is 74.8 Å². The van der Waals surface area contributed by atoms with Gasteiger partial charge in [0.05, 0.1) is 15.9 Å². The molecule has 1 aromatic heterocycles. The van der Waals surface area contributed by atoms with Crippen molar-refractivity contribution in [2.24, 2.45) is 14.1 Å². The Hall–Kier alpha value is -2.71. The van der Waals surface area contributed by atoms with E-state index in [1.807, 2.05) is 30.3 Å². The highest BCUT2D eigenvalue weighted by atomic mass is 32.2. The second kappa shape index (κ2) is 6.72. The normalized spacial score (nSPS) is 18.0. The van der Waals surface area contributed by atoms with Crippen LogP contribution >= 0.6 is 0 Å². The fourth-order valence-electron chi connectivity index (χ4n) is 3.81. The lowest BCUT2D eigenvalue weighted by Crippen LogP contribution is -2.39. The molecule has 8 heteroatoms. The predicted molar refractivity (Wildman–Crippen MR) is 107 cm³/mol. The van der Waals surface area contributed by atoms with E-state index in [9.17, 15) is 18.0 Å². The summed E-state index contributed by atoms with van der Waals surface area (Å²) in [6.07, 6.45) is 0.768. The van der Waals surface area contributed by atoms with Crippen molar-refractivity contribution in [1.82, 2.24) is 13.4 Å². The van der Waals surface area contributed by atoms with Crippen molar-refractivity contribution in [3.8, 4) is 0 Å². The number of rotatable bonds is 3. The van der Waals surface area contributed by atoms with E-state index in [2.05, 4.69) is 0 Å². The van der Waals surface area contributed by atoms with Crippen LogP contribution in [0.15, 0.2) is 63.0 Å². The molecular weight excluding hydrogens is 378 g/mol. The summed E-state index contributed by atoms with van der Waals surface area (Å²) in [6.45, 7) is 0.878. The van der Waals surface area contributed by atoms with Crippen molar-refractivity contribution in [1.29, 1.82) is 0 Å². The average molecular weight is 399 g/mol. The molecule has 28 heavy (non-hydrogen) atoms. The topological polar surface area (TPSA) is 81.4 Å². The first-order valence-corrected chi connectivity index (χ1v) is 10.5. The lowest BCUT2D eigenvalue weighted by molar-refractivity contribution is 0.473. The molecule has 0 bridgehead atoms. The Balaban J connectivity index is 1.73. The second-order valence-corrected chi connectivity index (χ2v) is 9.08. The van der Waals surface area contributed by atoms with E-state index in [-0.39, 0.29) is 10.8 Å². The Labute approximate surface area is 162 Å². The molecule has 3 aromatic rings. The SMILES string of the molecule is Cn1c(=O)c(=O)n(C)c2cc(S(=O)(=O)N3CC[C@@H](c4ccccc4)C3)ccc21. The quantitative estimate of drug-likeness (QED) is 0.624. The highest BCUT2D eigenvalue weighted by Gasteiger charge is 2.33. The van der Waals surface area contributed by atoms with Gasteiger partial charge in [0.15, 0.2) is 0 Å². The van der Waals surface area contributed by atoms with Crippen LogP contribution in [-0.2, 0) is 24.1 Å². The van der Waals surface area contributed by atoms with Crippen molar-refractivity contribution in [2.75, 3.05) is 13.1 Å². The largest absolute Gasteiger partial charge is 0.316 e. The molecule has 1 fully saturated rings. The van der Waals surface area contributed by atoms with Gasteiger partial charge in [-0.15, -0.1) is 0 Å². The summed E-state index contributed by atoms with van der Waals surface area (Å²) >= 11 is 0. The third kappa shape index (κ3) is 2.89. The molecule has 2 aromatic carbocycles. The third-order valence-electron chi connectivity index (χ3n) is 5.52. The minimum atomic E-state index is -3.69. The summed E-state index contributed by atoms with van der Waals surface area (Å²) in [6, 6.07) is 14.5. The van der Waals surface area contributed by atoms with Gasteiger partial charge in [-0.05, 0) is 36.1 Å². The fraction of sp³-hybridized carbons (Fsp3) is 0.300. The Morgan fingerprint density at radius 1 is 0.893 bits per heavy atom. The molecule has 0 N–H and O–H groups in total. The van der Waals surface area contributed by atoms with Gasteiger partial charge in [0.1, 0.15) is 0 Å². The Bertz CT molecular complexity index is 1280. The standard InChI is InChI=1S/C20H21N3O4S/c1-21-17-9-8-16(12-18(17)22(2)20(25)19(21)24)28(26,27)23-11-10-15(13-23)14-6-4-3-5-7-14/h3-9,12,15H,10-11,13H2,1-2H3/t15-/m1/s1. The molecular formula is C20H21N3O4S. The molecule has 1 aliphatic rings. The first kappa shape index (κ1) is 18.6. The van der Waals surface area contributed by atoms with Crippen molar-refractivity contribution in [3.63, 3.8) is 0 Å². The first-order chi connectivity index (χ1) is 13.3. The van der Waals surface area contributed by atoms with Gasteiger partial charge in [-0.25, -0.2) is 8.42 Å². The molecule has 0 amide bonds. The van der Waals surface area contributed by atoms with E-state index in [1.54, 1.807) is 6.07 Å². The molecule has 7 nitrogen and oxygen atoms in total.